The van der Waals surface area contributed by atoms with Crippen LogP contribution < -0.4 is 10.9 Å². The lowest BCUT2D eigenvalue weighted by atomic mass is 9.96. The van der Waals surface area contributed by atoms with Crippen LogP contribution in [0.25, 0.3) is 0 Å². The van der Waals surface area contributed by atoms with E-state index in [-0.39, 0.29) is 5.91 Å². The first-order chi connectivity index (χ1) is 8.60. The van der Waals surface area contributed by atoms with Gasteiger partial charge in [0.05, 0.1) is 5.69 Å². The van der Waals surface area contributed by atoms with E-state index in [4.69, 9.17) is 11.6 Å². The molecule has 1 aromatic rings. The summed E-state index contributed by atoms with van der Waals surface area (Å²) in [6.45, 7) is 0. The summed E-state index contributed by atoms with van der Waals surface area (Å²) in [7, 11) is 0. The first-order valence-corrected chi connectivity index (χ1v) is 7.26. The predicted molar refractivity (Wildman–Crippen MR) is 74.7 cm³/mol. The molecule has 3 N–H and O–H groups in total. The molecular formula is C12H15ClN2O2S. The Morgan fingerprint density at radius 3 is 2.78 bits per heavy atom. The van der Waals surface area contributed by atoms with E-state index in [1.807, 2.05) is 0 Å². The van der Waals surface area contributed by atoms with Crippen LogP contribution in [0.1, 0.15) is 12.8 Å². The maximum Gasteiger partial charge on any atom is 0.270 e. The van der Waals surface area contributed by atoms with Gasteiger partial charge in [0.2, 0.25) is 0 Å². The molecule has 0 radical (unpaired) electrons. The second-order valence-electron chi connectivity index (χ2n) is 4.23. The van der Waals surface area contributed by atoms with Crippen molar-refractivity contribution in [3.05, 3.63) is 29.3 Å². The number of thioether (sulfide) groups is 1. The lowest BCUT2D eigenvalue weighted by Crippen LogP contribution is -2.50. The molecule has 98 valence electrons. The normalized spacial score (nSPS) is 18.1. The van der Waals surface area contributed by atoms with Crippen LogP contribution in [0.4, 0.5) is 5.69 Å². The lowest BCUT2D eigenvalue weighted by Gasteiger charge is -2.30. The van der Waals surface area contributed by atoms with Gasteiger partial charge in [-0.05, 0) is 42.5 Å². The molecule has 1 aliphatic rings. The Kier molecular flexibility index (Phi) is 4.37. The van der Waals surface area contributed by atoms with Gasteiger partial charge >= 0.3 is 0 Å². The van der Waals surface area contributed by atoms with E-state index in [9.17, 15) is 9.90 Å². The molecule has 0 aliphatic carbocycles. The average molecular weight is 287 g/mol. The first-order valence-electron chi connectivity index (χ1n) is 5.72. The summed E-state index contributed by atoms with van der Waals surface area (Å²) in [5, 5.41) is 10.8. The van der Waals surface area contributed by atoms with Gasteiger partial charge in [0.15, 0.2) is 0 Å². The van der Waals surface area contributed by atoms with E-state index >= 15 is 0 Å². The Labute approximate surface area is 115 Å². The minimum absolute atomic E-state index is 0.386. The number of rotatable bonds is 3. The summed E-state index contributed by atoms with van der Waals surface area (Å²) in [6.07, 6.45) is 0.974. The van der Waals surface area contributed by atoms with Crippen molar-refractivity contribution < 1.29 is 9.90 Å². The topological polar surface area (TPSA) is 61.4 Å². The van der Waals surface area contributed by atoms with Gasteiger partial charge in [-0.25, -0.2) is 0 Å². The molecule has 1 aliphatic heterocycles. The zero-order valence-corrected chi connectivity index (χ0v) is 11.4. The summed E-state index contributed by atoms with van der Waals surface area (Å²) in [6, 6.07) is 7.01. The van der Waals surface area contributed by atoms with Crippen LogP contribution in [0.2, 0.25) is 5.02 Å². The van der Waals surface area contributed by atoms with E-state index < -0.39 is 5.60 Å². The number of carbonyl (C=O) groups excluding carboxylic acids is 1. The van der Waals surface area contributed by atoms with Gasteiger partial charge in [-0.1, -0.05) is 17.7 Å². The highest BCUT2D eigenvalue weighted by atomic mass is 35.5. The Morgan fingerprint density at radius 1 is 1.39 bits per heavy atom. The van der Waals surface area contributed by atoms with Crippen LogP contribution in [-0.4, -0.2) is 28.1 Å². The molecule has 0 saturated carbocycles. The van der Waals surface area contributed by atoms with Gasteiger partial charge in [0.1, 0.15) is 5.60 Å². The highest BCUT2D eigenvalue weighted by Gasteiger charge is 2.37. The second-order valence-corrected chi connectivity index (χ2v) is 5.89. The van der Waals surface area contributed by atoms with Crippen molar-refractivity contribution in [3.8, 4) is 0 Å². The minimum atomic E-state index is -1.25. The van der Waals surface area contributed by atoms with Crippen molar-refractivity contribution >= 4 is 35.0 Å². The lowest BCUT2D eigenvalue weighted by molar-refractivity contribution is -0.139. The summed E-state index contributed by atoms with van der Waals surface area (Å²) in [5.74, 6) is 1.23. The van der Waals surface area contributed by atoms with Crippen molar-refractivity contribution in [2.45, 2.75) is 18.4 Å². The third kappa shape index (κ3) is 3.31. The smallest absolute Gasteiger partial charge is 0.270 e. The number of nitrogens with one attached hydrogen (secondary N) is 2. The van der Waals surface area contributed by atoms with Gasteiger partial charge in [0, 0.05) is 5.02 Å². The van der Waals surface area contributed by atoms with E-state index in [1.54, 1.807) is 36.0 Å². The molecule has 0 aromatic heterocycles. The number of carbonyl (C=O) groups is 1. The maximum atomic E-state index is 11.9. The number of benzene rings is 1. The number of hydrogen-bond donors (Lipinski definition) is 3. The fourth-order valence-corrected chi connectivity index (χ4v) is 3.11. The standard InChI is InChI=1S/C12H15ClN2O2S/c13-9-2-1-3-10(8-9)14-15-11(16)12(17)4-6-18-7-5-12/h1-3,8,14,17H,4-7H2,(H,15,16). The van der Waals surface area contributed by atoms with Crippen LogP contribution >= 0.6 is 23.4 Å². The molecule has 1 amide bonds. The molecule has 2 rings (SSSR count). The Balaban J connectivity index is 1.91. The van der Waals surface area contributed by atoms with Gasteiger partial charge in [0.25, 0.3) is 5.91 Å². The summed E-state index contributed by atoms with van der Waals surface area (Å²) < 4.78 is 0. The number of amides is 1. The number of hydrazine groups is 1. The number of halogens is 1. The van der Waals surface area contributed by atoms with Crippen molar-refractivity contribution in [1.82, 2.24) is 5.43 Å². The quantitative estimate of drug-likeness (QED) is 0.744. The molecule has 1 aromatic carbocycles. The first kappa shape index (κ1) is 13.5. The number of anilines is 1. The summed E-state index contributed by atoms with van der Waals surface area (Å²) in [5.41, 5.74) is 4.72. The van der Waals surface area contributed by atoms with Gasteiger partial charge in [-0.2, -0.15) is 11.8 Å². The molecule has 4 nitrogen and oxygen atoms in total. The predicted octanol–water partition coefficient (Wildman–Crippen LogP) is 2.04. The summed E-state index contributed by atoms with van der Waals surface area (Å²) >= 11 is 7.58. The third-order valence-electron chi connectivity index (χ3n) is 2.89. The van der Waals surface area contributed by atoms with Crippen molar-refractivity contribution in [1.29, 1.82) is 0 Å². The average Bonchev–Trinajstić information content (AvgIpc) is 2.37. The Hall–Kier alpha value is -0.910. The van der Waals surface area contributed by atoms with Gasteiger partial charge in [-0.3, -0.25) is 15.6 Å². The second kappa shape index (κ2) is 5.82. The molecule has 18 heavy (non-hydrogen) atoms. The zero-order chi connectivity index (χ0) is 13.0. The number of aliphatic hydroxyl groups is 1. The minimum Gasteiger partial charge on any atom is -0.380 e. The van der Waals surface area contributed by atoms with Crippen molar-refractivity contribution in [2.24, 2.45) is 0 Å². The molecule has 0 unspecified atom stereocenters. The largest absolute Gasteiger partial charge is 0.380 e. The van der Waals surface area contributed by atoms with Gasteiger partial charge < -0.3 is 5.11 Å². The number of hydrogen-bond acceptors (Lipinski definition) is 4. The molecule has 1 heterocycles. The fourth-order valence-electron chi connectivity index (χ4n) is 1.75. The van der Waals surface area contributed by atoms with Crippen molar-refractivity contribution in [2.75, 3.05) is 16.9 Å². The molecule has 0 atom stereocenters. The van der Waals surface area contributed by atoms with Crippen LogP contribution in [0, 0.1) is 0 Å². The van der Waals surface area contributed by atoms with Crippen LogP contribution in [0.5, 0.6) is 0 Å². The van der Waals surface area contributed by atoms with E-state index in [1.165, 1.54) is 0 Å². The van der Waals surface area contributed by atoms with Crippen molar-refractivity contribution in [3.63, 3.8) is 0 Å². The monoisotopic (exact) mass is 286 g/mol. The summed E-state index contributed by atoms with van der Waals surface area (Å²) in [4.78, 5) is 11.9. The Morgan fingerprint density at radius 2 is 2.11 bits per heavy atom. The van der Waals surface area contributed by atoms with Crippen LogP contribution in [0.3, 0.4) is 0 Å². The van der Waals surface area contributed by atoms with E-state index in [0.717, 1.165) is 11.5 Å². The molecule has 1 fully saturated rings. The molecular weight excluding hydrogens is 272 g/mol. The fraction of sp³-hybridized carbons (Fsp3) is 0.417. The van der Waals surface area contributed by atoms with E-state index in [2.05, 4.69) is 10.9 Å². The highest BCUT2D eigenvalue weighted by Crippen LogP contribution is 2.27. The third-order valence-corrected chi connectivity index (χ3v) is 4.11. The van der Waals surface area contributed by atoms with Crippen LogP contribution in [0.15, 0.2) is 24.3 Å². The molecule has 0 spiro atoms. The Bertz CT molecular complexity index is 436. The highest BCUT2D eigenvalue weighted by molar-refractivity contribution is 7.99. The molecule has 1 saturated heterocycles. The SMILES string of the molecule is O=C(NNc1cccc(Cl)c1)C1(O)CCSCC1. The zero-order valence-electron chi connectivity index (χ0n) is 9.78. The van der Waals surface area contributed by atoms with Crippen LogP contribution in [-0.2, 0) is 4.79 Å². The molecule has 6 heteroatoms. The van der Waals surface area contributed by atoms with E-state index in [0.29, 0.717) is 23.6 Å². The van der Waals surface area contributed by atoms with Gasteiger partial charge in [-0.15, -0.1) is 0 Å². The maximum absolute atomic E-state index is 11.9. The molecule has 0 bridgehead atoms.